The molecule has 0 aromatic carbocycles. The van der Waals surface area contributed by atoms with Crippen molar-refractivity contribution >= 4 is 7.82 Å². The monoisotopic (exact) mass is 207 g/mol. The molecule has 1 aromatic heterocycles. The van der Waals surface area contributed by atoms with E-state index in [9.17, 15) is 4.57 Å². The smallest absolute Gasteiger partial charge is 0.382 e. The van der Waals surface area contributed by atoms with Crippen molar-refractivity contribution in [3.63, 3.8) is 0 Å². The molecule has 0 aliphatic rings. The largest absolute Gasteiger partial charge is 0.530 e. The van der Waals surface area contributed by atoms with Gasteiger partial charge in [0.25, 0.3) is 5.88 Å². The second kappa shape index (κ2) is 3.91. The van der Waals surface area contributed by atoms with Gasteiger partial charge in [0.15, 0.2) is 0 Å². The predicted octanol–water partition coefficient (Wildman–Crippen LogP) is 1.76. The van der Waals surface area contributed by atoms with Crippen LogP contribution in [0.1, 0.15) is 5.76 Å². The summed E-state index contributed by atoms with van der Waals surface area (Å²) in [6.07, 6.45) is 0. The minimum absolute atomic E-state index is 0.0736. The molecule has 0 unspecified atom stereocenters. The second-order valence-corrected chi connectivity index (χ2v) is 3.99. The molecule has 0 aliphatic heterocycles. The Balaban J connectivity index is 2.73. The maximum Gasteiger partial charge on any atom is 0.530 e. The molecule has 0 saturated heterocycles. The zero-order valence-electron chi connectivity index (χ0n) is 7.51. The van der Waals surface area contributed by atoms with Crippen molar-refractivity contribution in [3.05, 3.63) is 11.8 Å². The van der Waals surface area contributed by atoms with Crippen molar-refractivity contribution in [1.29, 1.82) is 0 Å². The average molecular weight is 207 g/mol. The van der Waals surface area contributed by atoms with Crippen LogP contribution in [-0.4, -0.2) is 19.4 Å². The fourth-order valence-electron chi connectivity index (χ4n) is 0.650. The van der Waals surface area contributed by atoms with E-state index in [1.165, 1.54) is 20.3 Å². The average Bonchev–Trinajstić information content (AvgIpc) is 2.51. The van der Waals surface area contributed by atoms with E-state index in [1.807, 2.05) is 0 Å². The van der Waals surface area contributed by atoms with Crippen LogP contribution < -0.4 is 4.52 Å². The molecule has 74 valence electrons. The molecule has 0 bridgehead atoms. The molecule has 1 rings (SSSR count). The summed E-state index contributed by atoms with van der Waals surface area (Å²) in [5.74, 6) is 0.623. The van der Waals surface area contributed by atoms with Crippen LogP contribution in [0.3, 0.4) is 0 Å². The van der Waals surface area contributed by atoms with Gasteiger partial charge in [-0.2, -0.15) is 0 Å². The Morgan fingerprint density at radius 1 is 1.46 bits per heavy atom. The van der Waals surface area contributed by atoms with Crippen LogP contribution >= 0.6 is 7.82 Å². The summed E-state index contributed by atoms with van der Waals surface area (Å²) in [6.45, 7) is 1.68. The van der Waals surface area contributed by atoms with Gasteiger partial charge in [0, 0.05) is 20.3 Å². The van der Waals surface area contributed by atoms with Crippen molar-refractivity contribution in [1.82, 2.24) is 5.16 Å². The molecule has 13 heavy (non-hydrogen) atoms. The fraction of sp³-hybridized carbons (Fsp3) is 0.500. The molecule has 0 radical (unpaired) electrons. The highest BCUT2D eigenvalue weighted by molar-refractivity contribution is 7.48. The molecule has 6 nitrogen and oxygen atoms in total. The van der Waals surface area contributed by atoms with E-state index >= 15 is 0 Å². The highest BCUT2D eigenvalue weighted by Crippen LogP contribution is 2.47. The lowest BCUT2D eigenvalue weighted by Gasteiger charge is -2.10. The predicted molar refractivity (Wildman–Crippen MR) is 43.5 cm³/mol. The molecule has 0 fully saturated rings. The Kier molecular flexibility index (Phi) is 3.08. The molecule has 1 heterocycles. The minimum Gasteiger partial charge on any atom is -0.382 e. The van der Waals surface area contributed by atoms with Crippen LogP contribution in [0.25, 0.3) is 0 Å². The maximum atomic E-state index is 11.4. The number of aromatic nitrogens is 1. The summed E-state index contributed by atoms with van der Waals surface area (Å²) in [7, 11) is -1.07. The normalized spacial score (nSPS) is 11.6. The van der Waals surface area contributed by atoms with Gasteiger partial charge in [-0.25, -0.2) is 4.57 Å². The molecular weight excluding hydrogens is 197 g/mol. The SMILES string of the molecule is COP(=O)(OC)Oc1cc(C)on1. The third-order valence-electron chi connectivity index (χ3n) is 1.26. The first-order chi connectivity index (χ1) is 6.09. The summed E-state index contributed by atoms with van der Waals surface area (Å²) < 4.78 is 30.0. The van der Waals surface area contributed by atoms with Crippen molar-refractivity contribution in [2.24, 2.45) is 0 Å². The molecule has 0 N–H and O–H groups in total. The summed E-state index contributed by atoms with van der Waals surface area (Å²) in [5.41, 5.74) is 0. The van der Waals surface area contributed by atoms with Crippen molar-refractivity contribution in [3.8, 4) is 5.88 Å². The van der Waals surface area contributed by atoms with E-state index < -0.39 is 7.82 Å². The van der Waals surface area contributed by atoms with Gasteiger partial charge in [0.2, 0.25) is 0 Å². The summed E-state index contributed by atoms with van der Waals surface area (Å²) in [6, 6.07) is 1.48. The summed E-state index contributed by atoms with van der Waals surface area (Å²) >= 11 is 0. The standard InChI is InChI=1S/C6H10NO5P/c1-5-4-6(7-11-5)12-13(8,9-2)10-3/h4H,1-3H3. The lowest BCUT2D eigenvalue weighted by molar-refractivity contribution is 0.205. The van der Waals surface area contributed by atoms with Gasteiger partial charge >= 0.3 is 7.82 Å². The first-order valence-corrected chi connectivity index (χ1v) is 4.90. The van der Waals surface area contributed by atoms with Crippen molar-refractivity contribution in [2.45, 2.75) is 6.92 Å². The fourth-order valence-corrected chi connectivity index (χ4v) is 1.26. The van der Waals surface area contributed by atoms with Crippen LogP contribution in [0.2, 0.25) is 0 Å². The van der Waals surface area contributed by atoms with Gasteiger partial charge in [0.1, 0.15) is 5.76 Å². The van der Waals surface area contributed by atoms with E-state index in [4.69, 9.17) is 9.05 Å². The minimum atomic E-state index is -3.51. The number of hydrogen-bond acceptors (Lipinski definition) is 6. The van der Waals surface area contributed by atoms with Gasteiger partial charge in [-0.15, -0.1) is 0 Å². The van der Waals surface area contributed by atoms with Crippen molar-refractivity contribution in [2.75, 3.05) is 14.2 Å². The molecule has 0 amide bonds. The molecule has 0 atom stereocenters. The molecule has 7 heteroatoms. The van der Waals surface area contributed by atoms with E-state index in [1.54, 1.807) is 6.92 Å². The molecule has 0 spiro atoms. The van der Waals surface area contributed by atoms with Gasteiger partial charge in [-0.3, -0.25) is 9.05 Å². The van der Waals surface area contributed by atoms with Crippen LogP contribution in [0.5, 0.6) is 5.88 Å². The van der Waals surface area contributed by atoms with Gasteiger partial charge < -0.3 is 9.05 Å². The number of phosphoric ester groups is 1. The van der Waals surface area contributed by atoms with E-state index in [2.05, 4.69) is 14.2 Å². The lowest BCUT2D eigenvalue weighted by atomic mass is 10.5. The third kappa shape index (κ3) is 2.55. The Hall–Kier alpha value is -0.840. The Morgan fingerprint density at radius 3 is 2.46 bits per heavy atom. The number of aryl methyl sites for hydroxylation is 1. The third-order valence-corrected chi connectivity index (χ3v) is 2.56. The van der Waals surface area contributed by atoms with Crippen LogP contribution in [-0.2, 0) is 13.6 Å². The highest BCUT2D eigenvalue weighted by atomic mass is 31.2. The van der Waals surface area contributed by atoms with Gasteiger partial charge in [-0.1, -0.05) is 0 Å². The number of nitrogens with zero attached hydrogens (tertiary/aromatic N) is 1. The summed E-state index contributed by atoms with van der Waals surface area (Å²) in [4.78, 5) is 0. The quantitative estimate of drug-likeness (QED) is 0.700. The molecule has 0 saturated carbocycles. The first-order valence-electron chi connectivity index (χ1n) is 3.44. The highest BCUT2D eigenvalue weighted by Gasteiger charge is 2.26. The zero-order chi connectivity index (χ0) is 9.90. The first kappa shape index (κ1) is 10.2. The van der Waals surface area contributed by atoms with Crippen molar-refractivity contribution < 1.29 is 22.7 Å². The number of phosphoric acid groups is 1. The van der Waals surface area contributed by atoms with Crippen LogP contribution in [0.15, 0.2) is 10.6 Å². The van der Waals surface area contributed by atoms with Gasteiger partial charge in [0.05, 0.1) is 0 Å². The Morgan fingerprint density at radius 2 is 2.08 bits per heavy atom. The van der Waals surface area contributed by atoms with Crippen LogP contribution in [0, 0.1) is 6.92 Å². The maximum absolute atomic E-state index is 11.4. The zero-order valence-corrected chi connectivity index (χ0v) is 8.41. The molecule has 0 aliphatic carbocycles. The number of rotatable bonds is 4. The molecular formula is C6H10NO5P. The number of hydrogen-bond donors (Lipinski definition) is 0. The second-order valence-electron chi connectivity index (χ2n) is 2.18. The molecule has 1 aromatic rings. The Labute approximate surface area is 75.4 Å². The Bertz CT molecular complexity index is 315. The van der Waals surface area contributed by atoms with Gasteiger partial charge in [-0.05, 0) is 12.1 Å². The topological polar surface area (TPSA) is 70.8 Å². The van der Waals surface area contributed by atoms with E-state index in [-0.39, 0.29) is 5.88 Å². The summed E-state index contributed by atoms with van der Waals surface area (Å²) in [5, 5.41) is 3.47. The van der Waals surface area contributed by atoms with E-state index in [0.717, 1.165) is 0 Å². The van der Waals surface area contributed by atoms with Crippen LogP contribution in [0.4, 0.5) is 0 Å². The lowest BCUT2D eigenvalue weighted by Crippen LogP contribution is -1.96. The van der Waals surface area contributed by atoms with E-state index in [0.29, 0.717) is 5.76 Å².